The van der Waals surface area contributed by atoms with Crippen LogP contribution in [0, 0.1) is 0 Å². The topological polar surface area (TPSA) is 164 Å². The Morgan fingerprint density at radius 1 is 0.893 bits per heavy atom. The third kappa shape index (κ3) is 5.60. The molecule has 0 heterocycles. The van der Waals surface area contributed by atoms with E-state index in [9.17, 15) is 26.4 Å². The first-order valence-electron chi connectivity index (χ1n) is 7.70. The van der Waals surface area contributed by atoms with Gasteiger partial charge in [-0.15, -0.1) is 0 Å². The van der Waals surface area contributed by atoms with E-state index < -0.39 is 45.0 Å². The molecule has 0 radical (unpaired) electrons. The molecule has 0 aliphatic rings. The number of carboxylic acid groups (broad SMARTS) is 1. The van der Waals surface area contributed by atoms with Crippen LogP contribution in [0.2, 0.25) is 0 Å². The lowest BCUT2D eigenvalue weighted by Gasteiger charge is -2.20. The number of primary sulfonamides is 1. The van der Waals surface area contributed by atoms with Gasteiger partial charge in [0.2, 0.25) is 26.0 Å². The van der Waals surface area contributed by atoms with Crippen molar-refractivity contribution >= 4 is 37.6 Å². The molecule has 0 aliphatic heterocycles. The fraction of sp³-hybridized carbons (Fsp3) is 0.125. The number of carboxylic acids is 1. The van der Waals surface area contributed by atoms with Gasteiger partial charge in [0.1, 0.15) is 6.54 Å². The highest BCUT2D eigenvalue weighted by molar-refractivity contribution is 7.89. The maximum absolute atomic E-state index is 12.6. The number of rotatable bonds is 8. The van der Waals surface area contributed by atoms with Crippen molar-refractivity contribution in [1.82, 2.24) is 4.31 Å². The quantitative estimate of drug-likeness (QED) is 0.535. The van der Waals surface area contributed by atoms with Crippen LogP contribution in [0.4, 0.5) is 5.69 Å². The molecule has 0 aromatic heterocycles. The van der Waals surface area contributed by atoms with Crippen molar-refractivity contribution in [1.29, 1.82) is 0 Å². The molecule has 10 nitrogen and oxygen atoms in total. The summed E-state index contributed by atoms with van der Waals surface area (Å²) in [6.45, 7) is -1.66. The third-order valence-corrected chi connectivity index (χ3v) is 6.21. The summed E-state index contributed by atoms with van der Waals surface area (Å²) < 4.78 is 48.2. The Hall–Kier alpha value is -2.80. The molecule has 150 valence electrons. The molecule has 2 aromatic carbocycles. The lowest BCUT2D eigenvalue weighted by Crippen LogP contribution is -2.41. The fourth-order valence-electron chi connectivity index (χ4n) is 2.21. The second-order valence-corrected chi connectivity index (χ2v) is 9.10. The molecule has 0 saturated carbocycles. The van der Waals surface area contributed by atoms with Gasteiger partial charge >= 0.3 is 5.97 Å². The number of hydrogen-bond acceptors (Lipinski definition) is 6. The number of hydrogen-bond donors (Lipinski definition) is 3. The molecule has 0 atom stereocenters. The van der Waals surface area contributed by atoms with Gasteiger partial charge in [-0.05, 0) is 36.4 Å². The monoisotopic (exact) mass is 427 g/mol. The van der Waals surface area contributed by atoms with Gasteiger partial charge in [0.25, 0.3) is 0 Å². The number of amides is 1. The van der Waals surface area contributed by atoms with Crippen LogP contribution in [0.3, 0.4) is 0 Å². The van der Waals surface area contributed by atoms with Crippen LogP contribution in [0.25, 0.3) is 0 Å². The molecule has 0 aliphatic carbocycles. The van der Waals surface area contributed by atoms with Gasteiger partial charge in [0.15, 0.2) is 0 Å². The zero-order valence-corrected chi connectivity index (χ0v) is 16.0. The predicted octanol–water partition coefficient (Wildman–Crippen LogP) is 0.0480. The molecule has 0 unspecified atom stereocenters. The van der Waals surface area contributed by atoms with Gasteiger partial charge in [-0.2, -0.15) is 4.31 Å². The number of anilines is 1. The van der Waals surface area contributed by atoms with E-state index in [2.05, 4.69) is 5.32 Å². The summed E-state index contributed by atoms with van der Waals surface area (Å²) in [5, 5.41) is 16.4. The van der Waals surface area contributed by atoms with Crippen LogP contribution >= 0.6 is 0 Å². The zero-order chi connectivity index (χ0) is 20.9. The maximum Gasteiger partial charge on any atom is 0.318 e. The molecule has 4 N–H and O–H groups in total. The number of nitrogens with zero attached hydrogens (tertiary/aromatic N) is 1. The first-order valence-corrected chi connectivity index (χ1v) is 10.7. The first-order chi connectivity index (χ1) is 13.0. The van der Waals surface area contributed by atoms with E-state index in [0.717, 1.165) is 0 Å². The largest absolute Gasteiger partial charge is 0.480 e. The Labute approximate surface area is 161 Å². The van der Waals surface area contributed by atoms with Gasteiger partial charge in [-0.1, -0.05) is 18.2 Å². The Morgan fingerprint density at radius 3 is 1.96 bits per heavy atom. The highest BCUT2D eigenvalue weighted by atomic mass is 32.2. The van der Waals surface area contributed by atoms with Gasteiger partial charge in [-0.25, -0.2) is 22.0 Å². The van der Waals surface area contributed by atoms with Crippen molar-refractivity contribution in [2.45, 2.75) is 9.79 Å². The lowest BCUT2D eigenvalue weighted by atomic mass is 10.3. The number of sulfonamides is 2. The molecule has 12 heteroatoms. The molecule has 0 fully saturated rings. The number of carbonyl (C=O) groups is 2. The molecule has 0 spiro atoms. The lowest BCUT2D eigenvalue weighted by molar-refractivity contribution is -0.137. The third-order valence-electron chi connectivity index (χ3n) is 3.48. The maximum atomic E-state index is 12.6. The molecule has 0 bridgehead atoms. The van der Waals surface area contributed by atoms with Gasteiger partial charge in [0.05, 0.1) is 16.3 Å². The number of nitrogens with two attached hydrogens (primary N) is 1. The fourth-order valence-corrected chi connectivity index (χ4v) is 4.09. The number of benzene rings is 2. The Morgan fingerprint density at radius 2 is 1.46 bits per heavy atom. The van der Waals surface area contributed by atoms with Crippen LogP contribution in [-0.2, 0) is 29.6 Å². The van der Waals surface area contributed by atoms with E-state index in [1.807, 2.05) is 0 Å². The van der Waals surface area contributed by atoms with E-state index in [0.29, 0.717) is 4.31 Å². The van der Waals surface area contributed by atoms with Gasteiger partial charge in [-0.3, -0.25) is 9.59 Å². The highest BCUT2D eigenvalue weighted by Gasteiger charge is 2.28. The van der Waals surface area contributed by atoms with Gasteiger partial charge < -0.3 is 10.4 Å². The Bertz CT molecular complexity index is 1070. The van der Waals surface area contributed by atoms with E-state index in [-0.39, 0.29) is 15.5 Å². The average Bonchev–Trinajstić information content (AvgIpc) is 2.61. The van der Waals surface area contributed by atoms with Crippen molar-refractivity contribution in [3.05, 3.63) is 54.6 Å². The Balaban J connectivity index is 2.18. The molecule has 2 aromatic rings. The minimum Gasteiger partial charge on any atom is -0.480 e. The highest BCUT2D eigenvalue weighted by Crippen LogP contribution is 2.16. The smallest absolute Gasteiger partial charge is 0.318 e. The Kier molecular flexibility index (Phi) is 6.51. The van der Waals surface area contributed by atoms with E-state index >= 15 is 0 Å². The minimum absolute atomic E-state index is 0.151. The van der Waals surface area contributed by atoms with E-state index in [1.54, 1.807) is 6.07 Å². The zero-order valence-electron chi connectivity index (χ0n) is 14.3. The molecular weight excluding hydrogens is 410 g/mol. The molecule has 1 amide bonds. The second-order valence-electron chi connectivity index (χ2n) is 5.60. The van der Waals surface area contributed by atoms with Crippen molar-refractivity contribution in [3.8, 4) is 0 Å². The summed E-state index contributed by atoms with van der Waals surface area (Å²) in [4.78, 5) is 22.9. The van der Waals surface area contributed by atoms with Crippen LogP contribution in [0.5, 0.6) is 0 Å². The van der Waals surface area contributed by atoms with Crippen molar-refractivity contribution < 1.29 is 31.5 Å². The normalized spacial score (nSPS) is 11.9. The summed E-state index contributed by atoms with van der Waals surface area (Å²) in [6.07, 6.45) is 0. The second kappa shape index (κ2) is 8.48. The molecular formula is C16H17N3O7S2. The summed E-state index contributed by atoms with van der Waals surface area (Å²) in [6, 6.07) is 12.0. The summed E-state index contributed by atoms with van der Waals surface area (Å²) >= 11 is 0. The van der Waals surface area contributed by atoms with Crippen molar-refractivity contribution in [2.24, 2.45) is 5.14 Å². The minimum atomic E-state index is -4.21. The van der Waals surface area contributed by atoms with E-state index in [4.69, 9.17) is 10.2 Å². The summed E-state index contributed by atoms with van der Waals surface area (Å²) in [5.74, 6) is -2.23. The van der Waals surface area contributed by atoms with E-state index in [1.165, 1.54) is 48.5 Å². The number of aliphatic carboxylic acids is 1. The number of nitrogens with one attached hydrogen (secondary N) is 1. The molecule has 0 saturated heterocycles. The van der Waals surface area contributed by atoms with Crippen LogP contribution < -0.4 is 10.5 Å². The number of carbonyl (C=O) groups excluding carboxylic acids is 1. The summed E-state index contributed by atoms with van der Waals surface area (Å²) in [5.41, 5.74) is 0.185. The average molecular weight is 427 g/mol. The van der Waals surface area contributed by atoms with Crippen molar-refractivity contribution in [2.75, 3.05) is 18.4 Å². The SMILES string of the molecule is NS(=O)(=O)c1ccc(NC(=O)CN(CC(=O)O)S(=O)(=O)c2ccccc2)cc1. The molecule has 2 rings (SSSR count). The summed E-state index contributed by atoms with van der Waals surface area (Å²) in [7, 11) is -8.11. The van der Waals surface area contributed by atoms with Crippen LogP contribution in [0.15, 0.2) is 64.4 Å². The van der Waals surface area contributed by atoms with Crippen molar-refractivity contribution in [3.63, 3.8) is 0 Å². The standard InChI is InChI=1S/C16H17N3O7S2/c17-27(23,24)13-8-6-12(7-9-13)18-15(20)10-19(11-16(21)22)28(25,26)14-4-2-1-3-5-14/h1-9H,10-11H2,(H,18,20)(H,21,22)(H2,17,23,24). The molecule has 28 heavy (non-hydrogen) atoms. The predicted molar refractivity (Wildman–Crippen MR) is 99.3 cm³/mol. The van der Waals surface area contributed by atoms with Gasteiger partial charge in [0, 0.05) is 5.69 Å². The van der Waals surface area contributed by atoms with Crippen LogP contribution in [-0.4, -0.2) is 51.2 Å². The first kappa shape index (κ1) is 21.5. The van der Waals surface area contributed by atoms with Crippen LogP contribution in [0.1, 0.15) is 0 Å².